The van der Waals surface area contributed by atoms with E-state index >= 15 is 0 Å². The van der Waals surface area contributed by atoms with Crippen LogP contribution in [0, 0.1) is 20.8 Å². The first-order valence-electron chi connectivity index (χ1n) is 4.01. The maximum atomic E-state index is 3.89. The molecule has 0 aliphatic heterocycles. The van der Waals surface area contributed by atoms with Crippen molar-refractivity contribution in [1.82, 2.24) is 0 Å². The number of rotatable bonds is 1. The maximum Gasteiger partial charge on any atom is 0.0999 e. The Morgan fingerprint density at radius 1 is 1.08 bits per heavy atom. The first-order chi connectivity index (χ1) is 5.16. The van der Waals surface area contributed by atoms with Gasteiger partial charge < -0.3 is 11.2 Å². The molecule has 0 heterocycles. The molecule has 0 spiro atoms. The average Bonchev–Trinajstić information content (AvgIpc) is 2.01. The second-order valence-corrected chi connectivity index (χ2v) is 3.04. The number of benzene rings is 1. The summed E-state index contributed by atoms with van der Waals surface area (Å²) >= 11 is 0. The second-order valence-electron chi connectivity index (χ2n) is 3.04. The number of quaternary nitrogens is 1. The lowest BCUT2D eigenvalue weighted by Crippen LogP contribution is -2.47. The van der Waals surface area contributed by atoms with Crippen LogP contribution >= 0.6 is 0 Å². The third-order valence-electron chi connectivity index (χ3n) is 2.44. The standard InChI is InChI=1S/C10H15N.H2O/c1-7-4-5-10(6-11)9(3)8(7)2;/h4-5H,6,11H2,1-3H3;1H2. The van der Waals surface area contributed by atoms with Crippen LogP contribution in [0.3, 0.4) is 0 Å². The van der Waals surface area contributed by atoms with E-state index in [2.05, 4.69) is 38.6 Å². The Morgan fingerprint density at radius 2 is 1.67 bits per heavy atom. The minimum atomic E-state index is 0. The highest BCUT2D eigenvalue weighted by Crippen LogP contribution is 2.15. The van der Waals surface area contributed by atoms with E-state index < -0.39 is 0 Å². The molecular weight excluding hydrogens is 150 g/mol. The van der Waals surface area contributed by atoms with Crippen LogP contribution in [0.2, 0.25) is 0 Å². The molecule has 2 nitrogen and oxygen atoms in total. The van der Waals surface area contributed by atoms with E-state index in [4.69, 9.17) is 0 Å². The molecule has 0 unspecified atom stereocenters. The van der Waals surface area contributed by atoms with Gasteiger partial charge in [-0.25, -0.2) is 0 Å². The lowest BCUT2D eigenvalue weighted by atomic mass is 9.99. The molecule has 0 aliphatic rings. The van der Waals surface area contributed by atoms with Crippen molar-refractivity contribution in [2.75, 3.05) is 0 Å². The highest BCUT2D eigenvalue weighted by atomic mass is 16.0. The predicted molar refractivity (Wildman–Crippen MR) is 49.2 cm³/mol. The van der Waals surface area contributed by atoms with Crippen LogP contribution in [-0.4, -0.2) is 5.48 Å². The average molecular weight is 167 g/mol. The lowest BCUT2D eigenvalue weighted by molar-refractivity contribution is -0.386. The van der Waals surface area contributed by atoms with Crippen molar-refractivity contribution >= 4 is 0 Å². The van der Waals surface area contributed by atoms with E-state index in [0.717, 1.165) is 6.54 Å². The molecule has 0 fully saturated rings. The molecule has 0 bridgehead atoms. The van der Waals surface area contributed by atoms with E-state index in [1.54, 1.807) is 0 Å². The van der Waals surface area contributed by atoms with Gasteiger partial charge in [0.15, 0.2) is 0 Å². The summed E-state index contributed by atoms with van der Waals surface area (Å²) in [4.78, 5) is 0. The molecule has 12 heavy (non-hydrogen) atoms. The minimum absolute atomic E-state index is 0. The van der Waals surface area contributed by atoms with Gasteiger partial charge >= 0.3 is 0 Å². The monoisotopic (exact) mass is 167 g/mol. The quantitative estimate of drug-likeness (QED) is 0.670. The number of hydrogen-bond donors (Lipinski definition) is 1. The summed E-state index contributed by atoms with van der Waals surface area (Å²) < 4.78 is 0. The third-order valence-corrected chi connectivity index (χ3v) is 2.44. The van der Waals surface area contributed by atoms with Crippen LogP contribution in [0.4, 0.5) is 0 Å². The van der Waals surface area contributed by atoms with Crippen LogP contribution in [0.25, 0.3) is 0 Å². The Balaban J connectivity index is 0.00000121. The molecule has 68 valence electrons. The highest BCUT2D eigenvalue weighted by molar-refractivity contribution is 5.38. The summed E-state index contributed by atoms with van der Waals surface area (Å²) in [7, 11) is 0. The molecule has 0 amide bonds. The summed E-state index contributed by atoms with van der Waals surface area (Å²) in [5.41, 5.74) is 9.44. The molecule has 0 aromatic heterocycles. The molecule has 0 saturated carbocycles. The fourth-order valence-corrected chi connectivity index (χ4v) is 1.28. The Morgan fingerprint density at radius 3 is 2.17 bits per heavy atom. The van der Waals surface area contributed by atoms with Gasteiger partial charge in [0.25, 0.3) is 0 Å². The van der Waals surface area contributed by atoms with Crippen molar-refractivity contribution in [3.05, 3.63) is 34.4 Å². The van der Waals surface area contributed by atoms with Gasteiger partial charge in [-0.2, -0.15) is 0 Å². The second kappa shape index (κ2) is 4.24. The van der Waals surface area contributed by atoms with E-state index in [1.165, 1.54) is 22.3 Å². The minimum Gasteiger partial charge on any atom is -0.870 e. The fraction of sp³-hybridized carbons (Fsp3) is 0.400. The zero-order valence-corrected chi connectivity index (χ0v) is 8.02. The summed E-state index contributed by atoms with van der Waals surface area (Å²) in [6.45, 7) is 7.38. The molecule has 1 rings (SSSR count). The van der Waals surface area contributed by atoms with Crippen molar-refractivity contribution in [3.63, 3.8) is 0 Å². The summed E-state index contributed by atoms with van der Waals surface area (Å²) in [6, 6.07) is 4.34. The Bertz CT molecular complexity index is 269. The van der Waals surface area contributed by atoms with Gasteiger partial charge in [-0.15, -0.1) is 0 Å². The van der Waals surface area contributed by atoms with Crippen molar-refractivity contribution in [2.45, 2.75) is 27.3 Å². The lowest BCUT2D eigenvalue weighted by Gasteiger charge is -2.07. The van der Waals surface area contributed by atoms with Crippen LogP contribution in [0.5, 0.6) is 0 Å². The maximum absolute atomic E-state index is 3.89. The normalized spacial score (nSPS) is 9.33. The van der Waals surface area contributed by atoms with Gasteiger partial charge in [0.05, 0.1) is 6.54 Å². The van der Waals surface area contributed by atoms with E-state index in [0.29, 0.717) is 0 Å². The van der Waals surface area contributed by atoms with Crippen molar-refractivity contribution < 1.29 is 11.2 Å². The highest BCUT2D eigenvalue weighted by Gasteiger charge is 2.01. The zero-order chi connectivity index (χ0) is 8.43. The molecule has 0 atom stereocenters. The van der Waals surface area contributed by atoms with Crippen molar-refractivity contribution in [3.8, 4) is 0 Å². The van der Waals surface area contributed by atoms with Gasteiger partial charge in [0.1, 0.15) is 0 Å². The molecule has 4 N–H and O–H groups in total. The van der Waals surface area contributed by atoms with Crippen LogP contribution in [-0.2, 0) is 6.54 Å². The van der Waals surface area contributed by atoms with Crippen LogP contribution in [0.1, 0.15) is 22.3 Å². The van der Waals surface area contributed by atoms with Crippen molar-refractivity contribution in [2.24, 2.45) is 0 Å². The smallest absolute Gasteiger partial charge is 0.0999 e. The first-order valence-corrected chi connectivity index (χ1v) is 4.01. The molecule has 1 aromatic carbocycles. The van der Waals surface area contributed by atoms with E-state index in [-0.39, 0.29) is 5.48 Å². The summed E-state index contributed by atoms with van der Waals surface area (Å²) in [5.74, 6) is 0. The SMILES string of the molecule is Cc1ccc(C[NH3+])c(C)c1C.[OH-]. The number of hydrogen-bond acceptors (Lipinski definition) is 1. The molecule has 0 aliphatic carbocycles. The van der Waals surface area contributed by atoms with Gasteiger partial charge in [-0.1, -0.05) is 12.1 Å². The topological polar surface area (TPSA) is 57.6 Å². The molecular formula is C10H17NO. The predicted octanol–water partition coefficient (Wildman–Crippen LogP) is 1.18. The van der Waals surface area contributed by atoms with Crippen LogP contribution in [0.15, 0.2) is 12.1 Å². The summed E-state index contributed by atoms with van der Waals surface area (Å²) in [5, 5.41) is 0. The Kier molecular flexibility index (Phi) is 3.93. The van der Waals surface area contributed by atoms with Gasteiger partial charge in [0, 0.05) is 5.56 Å². The van der Waals surface area contributed by atoms with Crippen molar-refractivity contribution in [1.29, 1.82) is 0 Å². The third kappa shape index (κ3) is 1.84. The zero-order valence-electron chi connectivity index (χ0n) is 8.02. The largest absolute Gasteiger partial charge is 0.870 e. The number of aryl methyl sites for hydroxylation is 1. The van der Waals surface area contributed by atoms with Crippen LogP contribution < -0.4 is 5.73 Å². The molecule has 1 aromatic rings. The first kappa shape index (κ1) is 11.1. The Hall–Kier alpha value is -0.860. The van der Waals surface area contributed by atoms with Gasteiger partial charge in [-0.3, -0.25) is 0 Å². The fourth-order valence-electron chi connectivity index (χ4n) is 1.28. The molecule has 2 heteroatoms. The van der Waals surface area contributed by atoms with Gasteiger partial charge in [0.2, 0.25) is 0 Å². The van der Waals surface area contributed by atoms with E-state index in [9.17, 15) is 0 Å². The molecule has 0 saturated heterocycles. The summed E-state index contributed by atoms with van der Waals surface area (Å²) in [6.07, 6.45) is 0. The van der Waals surface area contributed by atoms with Gasteiger partial charge in [-0.05, 0) is 37.5 Å². The van der Waals surface area contributed by atoms with E-state index in [1.807, 2.05) is 0 Å². The molecule has 0 radical (unpaired) electrons. The Labute approximate surface area is 73.7 Å².